The van der Waals surface area contributed by atoms with E-state index in [-0.39, 0.29) is 0 Å². The van der Waals surface area contributed by atoms with Gasteiger partial charge in [-0.15, -0.1) is 11.3 Å². The Morgan fingerprint density at radius 1 is 1.21 bits per heavy atom. The SMILES string of the molecule is CN(CCc1cccs1)S(=O)(=O)c1ccc(Br)cc1. The molecular weight excluding hydrogens is 346 g/mol. The van der Waals surface area contributed by atoms with Crippen molar-refractivity contribution in [2.75, 3.05) is 13.6 Å². The maximum atomic E-state index is 12.3. The summed E-state index contributed by atoms with van der Waals surface area (Å²) in [4.78, 5) is 1.52. The third kappa shape index (κ3) is 3.66. The van der Waals surface area contributed by atoms with Crippen LogP contribution in [0.3, 0.4) is 0 Å². The predicted molar refractivity (Wildman–Crippen MR) is 82.0 cm³/mol. The van der Waals surface area contributed by atoms with Gasteiger partial charge in [-0.05, 0) is 42.1 Å². The normalized spacial score (nSPS) is 11.9. The monoisotopic (exact) mass is 359 g/mol. The van der Waals surface area contributed by atoms with Crippen molar-refractivity contribution < 1.29 is 8.42 Å². The Morgan fingerprint density at radius 2 is 1.89 bits per heavy atom. The Bertz CT molecular complexity index is 621. The van der Waals surface area contributed by atoms with Crippen LogP contribution >= 0.6 is 27.3 Å². The van der Waals surface area contributed by atoms with Crippen molar-refractivity contribution in [2.45, 2.75) is 11.3 Å². The van der Waals surface area contributed by atoms with E-state index in [9.17, 15) is 8.42 Å². The molecule has 0 saturated carbocycles. The molecule has 3 nitrogen and oxygen atoms in total. The van der Waals surface area contributed by atoms with Crippen molar-refractivity contribution in [3.8, 4) is 0 Å². The molecule has 0 saturated heterocycles. The van der Waals surface area contributed by atoms with E-state index in [0.717, 1.165) is 10.9 Å². The maximum absolute atomic E-state index is 12.3. The topological polar surface area (TPSA) is 37.4 Å². The fourth-order valence-corrected chi connectivity index (χ4v) is 3.76. The zero-order valence-electron chi connectivity index (χ0n) is 10.4. The summed E-state index contributed by atoms with van der Waals surface area (Å²) in [5.74, 6) is 0. The highest BCUT2D eigenvalue weighted by Gasteiger charge is 2.20. The molecule has 0 aliphatic carbocycles. The Hall–Kier alpha value is -0.690. The molecule has 1 aromatic carbocycles. The van der Waals surface area contributed by atoms with E-state index in [4.69, 9.17) is 0 Å². The molecule has 1 aromatic heterocycles. The van der Waals surface area contributed by atoms with Gasteiger partial charge in [-0.3, -0.25) is 0 Å². The number of hydrogen-bond acceptors (Lipinski definition) is 3. The van der Waals surface area contributed by atoms with Gasteiger partial charge in [0.05, 0.1) is 4.90 Å². The number of nitrogens with zero attached hydrogens (tertiary/aromatic N) is 1. The quantitative estimate of drug-likeness (QED) is 0.820. The van der Waals surface area contributed by atoms with Crippen LogP contribution in [0.4, 0.5) is 0 Å². The van der Waals surface area contributed by atoms with Crippen LogP contribution in [0.5, 0.6) is 0 Å². The van der Waals surface area contributed by atoms with E-state index in [0.29, 0.717) is 11.4 Å². The molecule has 19 heavy (non-hydrogen) atoms. The molecule has 0 aliphatic rings. The third-order valence-electron chi connectivity index (χ3n) is 2.78. The maximum Gasteiger partial charge on any atom is 0.242 e. The van der Waals surface area contributed by atoms with Crippen LogP contribution in [-0.4, -0.2) is 26.3 Å². The highest BCUT2D eigenvalue weighted by molar-refractivity contribution is 9.10. The van der Waals surface area contributed by atoms with Crippen LogP contribution in [0.15, 0.2) is 51.1 Å². The van der Waals surface area contributed by atoms with Crippen LogP contribution in [-0.2, 0) is 16.4 Å². The largest absolute Gasteiger partial charge is 0.242 e. The highest BCUT2D eigenvalue weighted by Crippen LogP contribution is 2.18. The van der Waals surface area contributed by atoms with Gasteiger partial charge in [0.1, 0.15) is 0 Å². The standard InChI is InChI=1S/C13H14BrNO2S2/c1-15(9-8-12-3-2-10-18-12)19(16,17)13-6-4-11(14)5-7-13/h2-7,10H,8-9H2,1H3. The average molecular weight is 360 g/mol. The van der Waals surface area contributed by atoms with Crippen molar-refractivity contribution in [2.24, 2.45) is 0 Å². The number of thiophene rings is 1. The first-order chi connectivity index (χ1) is 9.00. The van der Waals surface area contributed by atoms with Gasteiger partial charge in [-0.25, -0.2) is 12.7 Å². The summed E-state index contributed by atoms with van der Waals surface area (Å²) in [6.07, 6.45) is 0.740. The summed E-state index contributed by atoms with van der Waals surface area (Å²) < 4.78 is 26.9. The lowest BCUT2D eigenvalue weighted by Gasteiger charge is -2.16. The van der Waals surface area contributed by atoms with E-state index in [1.807, 2.05) is 17.5 Å². The van der Waals surface area contributed by atoms with Gasteiger partial charge in [0.25, 0.3) is 0 Å². The van der Waals surface area contributed by atoms with Gasteiger partial charge in [-0.1, -0.05) is 22.0 Å². The molecule has 0 spiro atoms. The van der Waals surface area contributed by atoms with Gasteiger partial charge >= 0.3 is 0 Å². The second kappa shape index (κ2) is 6.17. The summed E-state index contributed by atoms with van der Waals surface area (Å²) in [6, 6.07) is 10.7. The Kier molecular flexibility index (Phi) is 4.78. The molecule has 0 fully saturated rings. The zero-order chi connectivity index (χ0) is 13.9. The average Bonchev–Trinajstić information content (AvgIpc) is 2.89. The first-order valence-electron chi connectivity index (χ1n) is 5.74. The first kappa shape index (κ1) is 14.7. The number of rotatable bonds is 5. The Morgan fingerprint density at radius 3 is 2.47 bits per heavy atom. The van der Waals surface area contributed by atoms with Crippen LogP contribution in [0.2, 0.25) is 0 Å². The molecule has 2 rings (SSSR count). The summed E-state index contributed by atoms with van der Waals surface area (Å²) in [6.45, 7) is 0.485. The van der Waals surface area contributed by atoms with Crippen molar-refractivity contribution in [1.29, 1.82) is 0 Å². The molecule has 0 aliphatic heterocycles. The summed E-state index contributed by atoms with van der Waals surface area (Å²) in [5.41, 5.74) is 0. The lowest BCUT2D eigenvalue weighted by atomic mass is 10.3. The van der Waals surface area contributed by atoms with Crippen molar-refractivity contribution in [1.82, 2.24) is 4.31 Å². The summed E-state index contributed by atoms with van der Waals surface area (Å²) in [7, 11) is -1.78. The van der Waals surface area contributed by atoms with Crippen molar-refractivity contribution >= 4 is 37.3 Å². The van der Waals surface area contributed by atoms with E-state index in [1.165, 1.54) is 9.18 Å². The second-order valence-electron chi connectivity index (χ2n) is 4.11. The Balaban J connectivity index is 2.08. The molecule has 0 radical (unpaired) electrons. The zero-order valence-corrected chi connectivity index (χ0v) is 13.6. The lowest BCUT2D eigenvalue weighted by Crippen LogP contribution is -2.28. The molecule has 6 heteroatoms. The van der Waals surface area contributed by atoms with Crippen LogP contribution < -0.4 is 0 Å². The molecule has 0 bridgehead atoms. The molecule has 2 aromatic rings. The van der Waals surface area contributed by atoms with E-state index in [2.05, 4.69) is 15.9 Å². The predicted octanol–water partition coefficient (Wildman–Crippen LogP) is 3.37. The van der Waals surface area contributed by atoms with Crippen LogP contribution in [0, 0.1) is 0 Å². The number of sulfonamides is 1. The molecule has 1 heterocycles. The summed E-state index contributed by atoms with van der Waals surface area (Å²) in [5, 5.41) is 2.00. The number of likely N-dealkylation sites (N-methyl/N-ethyl adjacent to an activating group) is 1. The Labute approximate surface area is 126 Å². The number of halogens is 1. The highest BCUT2D eigenvalue weighted by atomic mass is 79.9. The number of hydrogen-bond donors (Lipinski definition) is 0. The van der Waals surface area contributed by atoms with Gasteiger partial charge in [0, 0.05) is 22.9 Å². The molecular formula is C13H14BrNO2S2. The fourth-order valence-electron chi connectivity index (χ4n) is 1.63. The minimum Gasteiger partial charge on any atom is -0.207 e. The van der Waals surface area contributed by atoms with Gasteiger partial charge in [-0.2, -0.15) is 0 Å². The molecule has 0 atom stereocenters. The van der Waals surface area contributed by atoms with Crippen LogP contribution in [0.1, 0.15) is 4.88 Å². The van der Waals surface area contributed by atoms with Crippen LogP contribution in [0.25, 0.3) is 0 Å². The van der Waals surface area contributed by atoms with Crippen molar-refractivity contribution in [3.63, 3.8) is 0 Å². The van der Waals surface area contributed by atoms with Gasteiger partial charge in [0.2, 0.25) is 10.0 Å². The van der Waals surface area contributed by atoms with E-state index >= 15 is 0 Å². The molecule has 0 N–H and O–H groups in total. The van der Waals surface area contributed by atoms with Gasteiger partial charge in [0.15, 0.2) is 0 Å². The van der Waals surface area contributed by atoms with Crippen molar-refractivity contribution in [3.05, 3.63) is 51.1 Å². The minimum atomic E-state index is -3.39. The minimum absolute atomic E-state index is 0.323. The fraction of sp³-hybridized carbons (Fsp3) is 0.231. The van der Waals surface area contributed by atoms with E-state index < -0.39 is 10.0 Å². The first-order valence-corrected chi connectivity index (χ1v) is 8.86. The third-order valence-corrected chi connectivity index (χ3v) is 6.11. The molecule has 0 amide bonds. The van der Waals surface area contributed by atoms with Gasteiger partial charge < -0.3 is 0 Å². The second-order valence-corrected chi connectivity index (χ2v) is 8.10. The molecule has 0 unspecified atom stereocenters. The number of benzene rings is 1. The summed E-state index contributed by atoms with van der Waals surface area (Å²) >= 11 is 4.94. The molecule has 102 valence electrons. The smallest absolute Gasteiger partial charge is 0.207 e. The lowest BCUT2D eigenvalue weighted by molar-refractivity contribution is 0.473. The van der Waals surface area contributed by atoms with E-state index in [1.54, 1.807) is 42.6 Å².